The van der Waals surface area contributed by atoms with Gasteiger partial charge in [0.05, 0.1) is 0 Å². The number of thiophene rings is 2. The molecule has 2 aromatic rings. The molecule has 1 aliphatic carbocycles. The maximum atomic E-state index is 2.53. The zero-order valence-electron chi connectivity index (χ0n) is 18.2. The van der Waals surface area contributed by atoms with E-state index in [0.717, 1.165) is 11.8 Å². The summed E-state index contributed by atoms with van der Waals surface area (Å²) in [5.41, 5.74) is 3.64. The van der Waals surface area contributed by atoms with E-state index in [1.165, 1.54) is 49.8 Å². The fourth-order valence-corrected chi connectivity index (χ4v) is 7.24. The minimum Gasteiger partial charge on any atom is -0.143 e. The molecule has 0 aromatic carbocycles. The second-order valence-electron chi connectivity index (χ2n) is 9.96. The molecule has 2 heterocycles. The lowest BCUT2D eigenvalue weighted by Gasteiger charge is -2.48. The van der Waals surface area contributed by atoms with E-state index < -0.39 is 0 Å². The van der Waals surface area contributed by atoms with Crippen LogP contribution in [-0.2, 0) is 10.8 Å². The van der Waals surface area contributed by atoms with E-state index in [9.17, 15) is 0 Å². The van der Waals surface area contributed by atoms with Crippen LogP contribution in [0.4, 0.5) is 0 Å². The van der Waals surface area contributed by atoms with Crippen LogP contribution in [0.3, 0.4) is 0 Å². The molecule has 0 N–H and O–H groups in total. The first-order chi connectivity index (χ1) is 12.8. The van der Waals surface area contributed by atoms with E-state index in [4.69, 9.17) is 0 Å². The van der Waals surface area contributed by atoms with Crippen molar-refractivity contribution in [3.05, 3.63) is 34.0 Å². The molecule has 2 atom stereocenters. The molecule has 0 saturated heterocycles. The Hall–Kier alpha value is -0.600. The predicted molar refractivity (Wildman–Crippen MR) is 124 cm³/mol. The number of hydrogen-bond acceptors (Lipinski definition) is 2. The molecule has 0 fully saturated rings. The van der Waals surface area contributed by atoms with Crippen LogP contribution in [0.25, 0.3) is 9.75 Å². The fourth-order valence-electron chi connectivity index (χ4n) is 4.97. The third kappa shape index (κ3) is 4.08. The molecular weight excluding hydrogens is 364 g/mol. The van der Waals surface area contributed by atoms with Crippen LogP contribution in [0.5, 0.6) is 0 Å². The maximum Gasteiger partial charge on any atom is 0.0483 e. The number of fused-ring (bicyclic) bond motifs is 3. The molecular formula is C25H38S2. The Morgan fingerprint density at radius 1 is 0.778 bits per heavy atom. The van der Waals surface area contributed by atoms with E-state index in [1.807, 2.05) is 22.7 Å². The topological polar surface area (TPSA) is 0 Å². The average Bonchev–Trinajstić information content (AvgIpc) is 3.25. The van der Waals surface area contributed by atoms with Gasteiger partial charge in [0.25, 0.3) is 0 Å². The van der Waals surface area contributed by atoms with Crippen LogP contribution in [0.2, 0.25) is 0 Å². The highest BCUT2D eigenvalue weighted by atomic mass is 32.1. The minimum atomic E-state index is 0.208. The van der Waals surface area contributed by atoms with Crippen molar-refractivity contribution in [1.29, 1.82) is 0 Å². The van der Waals surface area contributed by atoms with Crippen LogP contribution in [0.1, 0.15) is 97.6 Å². The van der Waals surface area contributed by atoms with Gasteiger partial charge in [-0.25, -0.2) is 0 Å². The highest BCUT2D eigenvalue weighted by Gasteiger charge is 2.49. The van der Waals surface area contributed by atoms with Crippen LogP contribution in [0, 0.1) is 11.8 Å². The average molecular weight is 403 g/mol. The molecule has 2 unspecified atom stereocenters. The predicted octanol–water partition coefficient (Wildman–Crippen LogP) is 9.05. The maximum absolute atomic E-state index is 2.53. The highest BCUT2D eigenvalue weighted by Crippen LogP contribution is 2.58. The number of rotatable bonds is 9. The van der Waals surface area contributed by atoms with Crippen molar-refractivity contribution in [2.45, 2.75) is 97.3 Å². The Morgan fingerprint density at radius 2 is 1.37 bits per heavy atom. The summed E-state index contributed by atoms with van der Waals surface area (Å²) in [5, 5.41) is 4.60. The molecule has 0 amide bonds. The van der Waals surface area contributed by atoms with Gasteiger partial charge >= 0.3 is 0 Å². The monoisotopic (exact) mass is 402 g/mol. The molecule has 3 rings (SSSR count). The Morgan fingerprint density at radius 3 is 2.04 bits per heavy atom. The Bertz CT molecular complexity index is 733. The molecule has 2 heteroatoms. The van der Waals surface area contributed by atoms with E-state index in [1.54, 1.807) is 16.0 Å². The highest BCUT2D eigenvalue weighted by molar-refractivity contribution is 7.20. The minimum absolute atomic E-state index is 0.208. The lowest BCUT2D eigenvalue weighted by atomic mass is 9.55. The number of unbranched alkanes of at least 4 members (excludes halogenated alkanes) is 1. The lowest BCUT2D eigenvalue weighted by Crippen LogP contribution is -2.45. The van der Waals surface area contributed by atoms with E-state index in [0.29, 0.717) is 0 Å². The summed E-state index contributed by atoms with van der Waals surface area (Å²) in [6, 6.07) is 4.80. The van der Waals surface area contributed by atoms with Gasteiger partial charge in [-0.05, 0) is 52.3 Å². The second-order valence-corrected chi connectivity index (χ2v) is 11.8. The van der Waals surface area contributed by atoms with Crippen molar-refractivity contribution >= 4 is 22.7 Å². The SMILES string of the molecule is CC(C)CCCC(C)CCCCC1(C)c2ccsc2-c2sccc2C1(C)C. The molecule has 0 radical (unpaired) electrons. The zero-order valence-corrected chi connectivity index (χ0v) is 19.9. The van der Waals surface area contributed by atoms with Crippen molar-refractivity contribution in [2.24, 2.45) is 11.8 Å². The van der Waals surface area contributed by atoms with Crippen LogP contribution < -0.4 is 0 Å². The van der Waals surface area contributed by atoms with E-state index in [2.05, 4.69) is 64.4 Å². The molecule has 0 bridgehead atoms. The Labute approximate surface area is 175 Å². The summed E-state index contributed by atoms with van der Waals surface area (Å²) < 4.78 is 0. The second kappa shape index (κ2) is 8.41. The molecule has 0 aliphatic heterocycles. The van der Waals surface area contributed by atoms with Crippen molar-refractivity contribution in [3.8, 4) is 9.75 Å². The van der Waals surface area contributed by atoms with Gasteiger partial charge in [-0.2, -0.15) is 0 Å². The first-order valence-corrected chi connectivity index (χ1v) is 12.7. The van der Waals surface area contributed by atoms with Crippen molar-refractivity contribution in [1.82, 2.24) is 0 Å². The molecule has 27 heavy (non-hydrogen) atoms. The summed E-state index contributed by atoms with van der Waals surface area (Å²) in [4.78, 5) is 3.07. The summed E-state index contributed by atoms with van der Waals surface area (Å²) in [7, 11) is 0. The summed E-state index contributed by atoms with van der Waals surface area (Å²) in [6.07, 6.45) is 9.64. The van der Waals surface area contributed by atoms with E-state index in [-0.39, 0.29) is 10.8 Å². The Balaban J connectivity index is 1.61. The van der Waals surface area contributed by atoms with Gasteiger partial charge in [-0.15, -0.1) is 22.7 Å². The first-order valence-electron chi connectivity index (χ1n) is 10.9. The number of hydrogen-bond donors (Lipinski definition) is 0. The largest absolute Gasteiger partial charge is 0.143 e. The zero-order chi connectivity index (χ0) is 19.7. The van der Waals surface area contributed by atoms with Gasteiger partial charge < -0.3 is 0 Å². The standard InChI is InChI=1S/C25H38S2/c1-18(2)10-9-12-19(3)11-7-8-15-25(6)21-14-17-27-23(21)22-20(13-16-26-22)24(25,4)5/h13-14,16-19H,7-12,15H2,1-6H3. The van der Waals surface area contributed by atoms with Gasteiger partial charge in [-0.3, -0.25) is 0 Å². The van der Waals surface area contributed by atoms with Crippen LogP contribution >= 0.6 is 22.7 Å². The van der Waals surface area contributed by atoms with Gasteiger partial charge in [0.2, 0.25) is 0 Å². The molecule has 2 aromatic heterocycles. The quantitative estimate of drug-likeness (QED) is 0.367. The molecule has 0 saturated carbocycles. The van der Waals surface area contributed by atoms with Crippen molar-refractivity contribution < 1.29 is 0 Å². The van der Waals surface area contributed by atoms with Gasteiger partial charge in [0.1, 0.15) is 0 Å². The summed E-state index contributed by atoms with van der Waals surface area (Å²) in [5.74, 6) is 1.74. The van der Waals surface area contributed by atoms with Crippen molar-refractivity contribution in [3.63, 3.8) is 0 Å². The van der Waals surface area contributed by atoms with E-state index >= 15 is 0 Å². The Kier molecular flexibility index (Phi) is 6.58. The smallest absolute Gasteiger partial charge is 0.0483 e. The lowest BCUT2D eigenvalue weighted by molar-refractivity contribution is 0.245. The fraction of sp³-hybridized carbons (Fsp3) is 0.680. The summed E-state index contributed by atoms with van der Waals surface area (Å²) >= 11 is 3.87. The first kappa shape index (κ1) is 21.1. The van der Waals surface area contributed by atoms with Crippen LogP contribution in [-0.4, -0.2) is 0 Å². The van der Waals surface area contributed by atoms with Gasteiger partial charge in [0, 0.05) is 20.6 Å². The van der Waals surface area contributed by atoms with Crippen molar-refractivity contribution in [2.75, 3.05) is 0 Å². The molecule has 0 spiro atoms. The third-order valence-corrected chi connectivity index (χ3v) is 9.28. The van der Waals surface area contributed by atoms with Crippen LogP contribution in [0.15, 0.2) is 22.9 Å². The van der Waals surface area contributed by atoms with Gasteiger partial charge in [0.15, 0.2) is 0 Å². The molecule has 0 nitrogen and oxygen atoms in total. The molecule has 1 aliphatic rings. The summed E-state index contributed by atoms with van der Waals surface area (Å²) in [6.45, 7) is 14.6. The van der Waals surface area contributed by atoms with Gasteiger partial charge in [-0.1, -0.05) is 80.1 Å². The third-order valence-electron chi connectivity index (χ3n) is 7.29. The molecule has 150 valence electrons. The normalized spacial score (nSPS) is 21.9.